The van der Waals surface area contributed by atoms with E-state index in [0.29, 0.717) is 0 Å². The maximum atomic E-state index is 9.31. The van der Waals surface area contributed by atoms with E-state index in [1.165, 1.54) is 6.92 Å². The summed E-state index contributed by atoms with van der Waals surface area (Å²) in [5, 5.41) is -0.139. The fraction of sp³-hybridized carbons (Fsp3) is 0.500. The summed E-state index contributed by atoms with van der Waals surface area (Å²) in [6.45, 7) is 1.39. The number of hydrogen-bond donors (Lipinski definition) is 1. The van der Waals surface area contributed by atoms with Gasteiger partial charge in [0.25, 0.3) is 0 Å². The maximum Gasteiger partial charge on any atom is 0.182 e. The van der Waals surface area contributed by atoms with E-state index in [-0.39, 0.29) is 17.5 Å². The van der Waals surface area contributed by atoms with Crippen LogP contribution in [0.5, 0.6) is 0 Å². The van der Waals surface area contributed by atoms with Crippen LogP contribution in [0.2, 0.25) is 0 Å². The standard InChI is InChI=1S/C2H4OS.ClH/c1-2(3)4;/h1H3,(H,3,4);1H. The number of thiol groups is 1. The van der Waals surface area contributed by atoms with Crippen molar-refractivity contribution < 1.29 is 4.79 Å². The highest BCUT2D eigenvalue weighted by molar-refractivity contribution is 7.96. The summed E-state index contributed by atoms with van der Waals surface area (Å²) in [4.78, 5) is 9.31. The van der Waals surface area contributed by atoms with Crippen molar-refractivity contribution in [2.24, 2.45) is 0 Å². The van der Waals surface area contributed by atoms with Crippen LogP contribution in [-0.4, -0.2) is 5.12 Å². The molecule has 0 radical (unpaired) electrons. The van der Waals surface area contributed by atoms with Gasteiger partial charge in [0.05, 0.1) is 0 Å². The summed E-state index contributed by atoms with van der Waals surface area (Å²) in [6.07, 6.45) is 0. The lowest BCUT2D eigenvalue weighted by molar-refractivity contribution is -0.108. The molecule has 0 aliphatic heterocycles. The molecule has 0 aliphatic rings. The number of hydrogen-bond acceptors (Lipinski definition) is 1. The van der Waals surface area contributed by atoms with Crippen LogP contribution in [0.3, 0.4) is 0 Å². The molecule has 0 aromatic carbocycles. The Morgan fingerprint density at radius 1 is 1.80 bits per heavy atom. The molecule has 0 saturated heterocycles. The first kappa shape index (κ1) is 9.00. The van der Waals surface area contributed by atoms with Crippen LogP contribution in [-0.2, 0) is 4.79 Å². The number of carbonyl (C=O) groups excluding carboxylic acids is 1. The van der Waals surface area contributed by atoms with Gasteiger partial charge in [0.15, 0.2) is 5.12 Å². The van der Waals surface area contributed by atoms with Gasteiger partial charge in [-0.1, -0.05) is 0 Å². The lowest BCUT2D eigenvalue weighted by atomic mass is 10.9. The molecule has 5 heavy (non-hydrogen) atoms. The predicted molar refractivity (Wildman–Crippen MR) is 26.9 cm³/mol. The molecule has 0 N–H and O–H groups in total. The van der Waals surface area contributed by atoms with Crippen LogP contribution < -0.4 is 0 Å². The van der Waals surface area contributed by atoms with Crippen molar-refractivity contribution in [1.82, 2.24) is 0 Å². The van der Waals surface area contributed by atoms with Gasteiger partial charge in [-0.2, -0.15) is 0 Å². The molecule has 0 heterocycles. The van der Waals surface area contributed by atoms with Gasteiger partial charge in [-0.15, -0.1) is 25.0 Å². The molecule has 0 unspecified atom stereocenters. The van der Waals surface area contributed by atoms with E-state index >= 15 is 0 Å². The van der Waals surface area contributed by atoms with Crippen molar-refractivity contribution in [2.45, 2.75) is 6.92 Å². The average Bonchev–Trinajstić information content (AvgIpc) is 0.811. The van der Waals surface area contributed by atoms with Gasteiger partial charge in [-0.25, -0.2) is 0 Å². The largest absolute Gasteiger partial charge is 0.288 e. The molecule has 0 aromatic heterocycles. The van der Waals surface area contributed by atoms with Gasteiger partial charge in [-0.05, 0) is 0 Å². The zero-order valence-electron chi connectivity index (χ0n) is 2.76. The van der Waals surface area contributed by atoms with E-state index in [1.807, 2.05) is 0 Å². The van der Waals surface area contributed by atoms with Crippen molar-refractivity contribution in [3.05, 3.63) is 0 Å². The van der Waals surface area contributed by atoms with Crippen LogP contribution in [0.25, 0.3) is 0 Å². The van der Waals surface area contributed by atoms with E-state index in [4.69, 9.17) is 0 Å². The predicted octanol–water partition coefficient (Wildman–Crippen LogP) is 0.884. The molecule has 0 bridgehead atoms. The van der Waals surface area contributed by atoms with Gasteiger partial charge < -0.3 is 0 Å². The first-order valence-corrected chi connectivity index (χ1v) is 1.37. The highest BCUT2D eigenvalue weighted by Gasteiger charge is 1.63. The van der Waals surface area contributed by atoms with E-state index in [2.05, 4.69) is 12.6 Å². The van der Waals surface area contributed by atoms with Crippen molar-refractivity contribution in [3.63, 3.8) is 0 Å². The fourth-order valence-corrected chi connectivity index (χ4v) is 0. The fourth-order valence-electron chi connectivity index (χ4n) is 0. The topological polar surface area (TPSA) is 17.1 Å². The Balaban J connectivity index is 0. The molecule has 0 fully saturated rings. The summed E-state index contributed by atoms with van der Waals surface area (Å²) in [7, 11) is 0. The molecular formula is C2H5ClOS. The molecule has 32 valence electrons. The quantitative estimate of drug-likeness (QED) is 0.461. The van der Waals surface area contributed by atoms with E-state index in [9.17, 15) is 4.79 Å². The average molecular weight is 113 g/mol. The van der Waals surface area contributed by atoms with E-state index < -0.39 is 0 Å². The Morgan fingerprint density at radius 2 is 1.80 bits per heavy atom. The molecule has 0 rings (SSSR count). The van der Waals surface area contributed by atoms with Crippen LogP contribution in [0, 0.1) is 0 Å². The third kappa shape index (κ3) is 239. The second-order valence-corrected chi connectivity index (χ2v) is 1.15. The lowest BCUT2D eigenvalue weighted by Gasteiger charge is -1.55. The minimum atomic E-state index is -0.139. The molecule has 0 aromatic rings. The van der Waals surface area contributed by atoms with Crippen molar-refractivity contribution in [1.29, 1.82) is 0 Å². The minimum Gasteiger partial charge on any atom is -0.288 e. The van der Waals surface area contributed by atoms with E-state index in [0.717, 1.165) is 0 Å². The number of halogens is 1. The van der Waals surface area contributed by atoms with E-state index in [1.54, 1.807) is 0 Å². The molecule has 0 atom stereocenters. The summed E-state index contributed by atoms with van der Waals surface area (Å²) >= 11 is 3.33. The van der Waals surface area contributed by atoms with Gasteiger partial charge in [0.1, 0.15) is 0 Å². The molecule has 0 spiro atoms. The molecule has 0 amide bonds. The molecule has 3 heteroatoms. The molecule has 1 nitrogen and oxygen atoms in total. The van der Waals surface area contributed by atoms with Crippen LogP contribution in [0.4, 0.5) is 0 Å². The second-order valence-electron chi connectivity index (χ2n) is 0.519. The third-order valence-corrected chi connectivity index (χ3v) is 0. The maximum absolute atomic E-state index is 9.31. The normalized spacial score (nSPS) is 5.20. The monoisotopic (exact) mass is 112 g/mol. The molecule has 0 saturated carbocycles. The van der Waals surface area contributed by atoms with Crippen LogP contribution in [0.15, 0.2) is 0 Å². The summed E-state index contributed by atoms with van der Waals surface area (Å²) in [5.41, 5.74) is 0. The van der Waals surface area contributed by atoms with Crippen LogP contribution in [0.1, 0.15) is 6.92 Å². The number of carbonyl (C=O) groups is 1. The minimum absolute atomic E-state index is 0. The Kier molecular flexibility index (Phi) is 7.76. The Morgan fingerprint density at radius 3 is 1.80 bits per heavy atom. The van der Waals surface area contributed by atoms with Crippen molar-refractivity contribution in [2.75, 3.05) is 0 Å². The Hall–Kier alpha value is 0.310. The Labute approximate surface area is 42.6 Å². The third-order valence-electron chi connectivity index (χ3n) is 0. The van der Waals surface area contributed by atoms with Crippen molar-refractivity contribution >= 4 is 30.2 Å². The molecular weight excluding hydrogens is 108 g/mol. The lowest BCUT2D eigenvalue weighted by Crippen LogP contribution is -1.62. The Bertz CT molecular complexity index is 32.6. The van der Waals surface area contributed by atoms with Gasteiger partial charge in [0, 0.05) is 6.92 Å². The first-order chi connectivity index (χ1) is 1.73. The second kappa shape index (κ2) is 4.31. The van der Waals surface area contributed by atoms with Gasteiger partial charge in [0.2, 0.25) is 0 Å². The van der Waals surface area contributed by atoms with Gasteiger partial charge in [-0.3, -0.25) is 4.79 Å². The smallest absolute Gasteiger partial charge is 0.182 e. The highest BCUT2D eigenvalue weighted by atomic mass is 35.5. The summed E-state index contributed by atoms with van der Waals surface area (Å²) in [6, 6.07) is 0. The summed E-state index contributed by atoms with van der Waals surface area (Å²) < 4.78 is 0. The zero-order valence-corrected chi connectivity index (χ0v) is 4.47. The highest BCUT2D eigenvalue weighted by Crippen LogP contribution is 1.66. The van der Waals surface area contributed by atoms with Gasteiger partial charge >= 0.3 is 0 Å². The molecule has 0 aliphatic carbocycles. The van der Waals surface area contributed by atoms with Crippen molar-refractivity contribution in [3.8, 4) is 0 Å². The number of rotatable bonds is 0. The van der Waals surface area contributed by atoms with Crippen LogP contribution >= 0.6 is 25.0 Å². The first-order valence-electron chi connectivity index (χ1n) is 0.928. The zero-order chi connectivity index (χ0) is 3.58. The SMILES string of the molecule is CC(=O)S.Cl. The summed E-state index contributed by atoms with van der Waals surface area (Å²) in [5.74, 6) is 0.